The maximum Gasteiger partial charge on any atom is 0.253 e. The molecule has 2 fully saturated rings. The van der Waals surface area contributed by atoms with Crippen molar-refractivity contribution in [3.8, 4) is 5.95 Å². The van der Waals surface area contributed by atoms with Gasteiger partial charge in [0.1, 0.15) is 6.33 Å². The summed E-state index contributed by atoms with van der Waals surface area (Å²) >= 11 is 0. The van der Waals surface area contributed by atoms with Crippen molar-refractivity contribution in [2.75, 3.05) is 32.8 Å². The molecule has 1 aromatic carbocycles. The molecule has 0 unspecified atom stereocenters. The molecule has 0 radical (unpaired) electrons. The maximum atomic E-state index is 12.9. The van der Waals surface area contributed by atoms with Crippen LogP contribution in [0.3, 0.4) is 0 Å². The van der Waals surface area contributed by atoms with Gasteiger partial charge in [-0.3, -0.25) is 9.69 Å². The number of benzene rings is 1. The fraction of sp³-hybridized carbons (Fsp3) is 0.435. The summed E-state index contributed by atoms with van der Waals surface area (Å²) in [6.45, 7) is 14.9. The Morgan fingerprint density at radius 2 is 2.03 bits per heavy atom. The number of hydrogen-bond acceptors (Lipinski definition) is 8. The zero-order valence-electron chi connectivity index (χ0n) is 19.1. The molecule has 1 amide bonds. The first-order valence-electron chi connectivity index (χ1n) is 11.2. The van der Waals surface area contributed by atoms with Crippen molar-refractivity contribution in [1.29, 1.82) is 0 Å². The van der Waals surface area contributed by atoms with E-state index in [0.717, 1.165) is 35.3 Å². The Kier molecular flexibility index (Phi) is 6.00. The van der Waals surface area contributed by atoms with Gasteiger partial charge in [0.25, 0.3) is 5.95 Å². The minimum absolute atomic E-state index is 0.0524. The number of fused-ring (bicyclic) bond motifs is 1. The molecule has 3 aromatic rings. The van der Waals surface area contributed by atoms with E-state index in [1.807, 2.05) is 24.8 Å². The van der Waals surface area contributed by atoms with Gasteiger partial charge in [-0.05, 0) is 46.5 Å². The molecule has 0 saturated carbocycles. The molecule has 11 nitrogen and oxygen atoms in total. The average Bonchev–Trinajstić information content (AvgIpc) is 3.39. The zero-order chi connectivity index (χ0) is 23.7. The lowest BCUT2D eigenvalue weighted by Gasteiger charge is -2.46. The van der Waals surface area contributed by atoms with Crippen LogP contribution in [0.5, 0.6) is 0 Å². The molecular weight excluding hydrogens is 434 g/mol. The summed E-state index contributed by atoms with van der Waals surface area (Å²) in [5.74, 6) is 0.410. The second-order valence-corrected chi connectivity index (χ2v) is 8.69. The van der Waals surface area contributed by atoms with E-state index in [9.17, 15) is 4.79 Å². The summed E-state index contributed by atoms with van der Waals surface area (Å²) in [5.41, 5.74) is 4.54. The smallest absolute Gasteiger partial charge is 0.253 e. The molecule has 2 saturated heterocycles. The molecule has 2 aliphatic rings. The standard InChI is InChI=1S/C23H25N9O2/c1-15-4-5-19(16(2)22(15)24-3)20-12-30-6-7-31(11-18(30)13-34-20)21(33)8-17-9-25-23(26-10-17)32-14-27-28-29-32/h4-5,9-10,14,18,20H,6-8,11-13H2,1-2H3/t18-,20-/m0/s1. The van der Waals surface area contributed by atoms with Crippen LogP contribution in [0.4, 0.5) is 5.69 Å². The predicted molar refractivity (Wildman–Crippen MR) is 121 cm³/mol. The van der Waals surface area contributed by atoms with Crippen LogP contribution in [-0.2, 0) is 16.0 Å². The Bertz CT molecular complexity index is 1220. The van der Waals surface area contributed by atoms with Crippen molar-refractivity contribution in [2.45, 2.75) is 32.4 Å². The molecule has 174 valence electrons. The number of carbonyl (C=O) groups excluding carboxylic acids is 1. The molecule has 2 atom stereocenters. The van der Waals surface area contributed by atoms with Gasteiger partial charge in [-0.25, -0.2) is 14.8 Å². The molecule has 2 aromatic heterocycles. The van der Waals surface area contributed by atoms with Gasteiger partial charge in [-0.1, -0.05) is 12.1 Å². The van der Waals surface area contributed by atoms with E-state index in [4.69, 9.17) is 11.3 Å². The quantitative estimate of drug-likeness (QED) is 0.540. The highest BCUT2D eigenvalue weighted by Gasteiger charge is 2.36. The van der Waals surface area contributed by atoms with E-state index in [0.29, 0.717) is 31.3 Å². The molecular formula is C23H25N9O2. The number of carbonyl (C=O) groups is 1. The minimum atomic E-state index is -0.0598. The number of aromatic nitrogens is 6. The van der Waals surface area contributed by atoms with Gasteiger partial charge >= 0.3 is 0 Å². The monoisotopic (exact) mass is 459 g/mol. The largest absolute Gasteiger partial charge is 0.371 e. The molecule has 0 bridgehead atoms. The first-order chi connectivity index (χ1) is 16.5. The van der Waals surface area contributed by atoms with Gasteiger partial charge in [0.15, 0.2) is 5.69 Å². The van der Waals surface area contributed by atoms with E-state index in [-0.39, 0.29) is 24.5 Å². The first kappa shape index (κ1) is 22.1. The lowest BCUT2D eigenvalue weighted by atomic mass is 9.96. The number of ether oxygens (including phenoxy) is 1. The number of hydrogen-bond donors (Lipinski definition) is 0. The molecule has 11 heteroatoms. The number of amides is 1. The normalized spacial score (nSPS) is 20.6. The topological polar surface area (TPSA) is 107 Å². The summed E-state index contributed by atoms with van der Waals surface area (Å²) in [4.78, 5) is 29.4. The van der Waals surface area contributed by atoms with Crippen molar-refractivity contribution < 1.29 is 9.53 Å². The van der Waals surface area contributed by atoms with Crippen molar-refractivity contribution in [3.05, 3.63) is 64.5 Å². The van der Waals surface area contributed by atoms with Gasteiger partial charge in [0.05, 0.1) is 31.7 Å². The Morgan fingerprint density at radius 1 is 1.21 bits per heavy atom. The molecule has 0 N–H and O–H groups in total. The number of aryl methyl sites for hydroxylation is 1. The molecule has 5 rings (SSSR count). The Labute approximate surface area is 197 Å². The van der Waals surface area contributed by atoms with Gasteiger partial charge < -0.3 is 9.64 Å². The lowest BCUT2D eigenvalue weighted by Crippen LogP contribution is -2.59. The lowest BCUT2D eigenvalue weighted by molar-refractivity contribution is -0.139. The van der Waals surface area contributed by atoms with E-state index in [1.54, 1.807) is 12.4 Å². The highest BCUT2D eigenvalue weighted by Crippen LogP contribution is 2.34. The van der Waals surface area contributed by atoms with E-state index in [1.165, 1.54) is 11.0 Å². The zero-order valence-corrected chi connectivity index (χ0v) is 19.1. The van der Waals surface area contributed by atoms with Crippen LogP contribution in [0.25, 0.3) is 10.8 Å². The summed E-state index contributed by atoms with van der Waals surface area (Å²) in [6.07, 6.45) is 4.87. The summed E-state index contributed by atoms with van der Waals surface area (Å²) in [7, 11) is 0. The van der Waals surface area contributed by atoms with Crippen LogP contribution in [0.1, 0.15) is 28.4 Å². The second-order valence-electron chi connectivity index (χ2n) is 8.69. The fourth-order valence-electron chi connectivity index (χ4n) is 4.67. The van der Waals surface area contributed by atoms with Crippen LogP contribution in [0.15, 0.2) is 30.9 Å². The van der Waals surface area contributed by atoms with Gasteiger partial charge in [0, 0.05) is 38.6 Å². The van der Waals surface area contributed by atoms with E-state index < -0.39 is 0 Å². The second kappa shape index (κ2) is 9.24. The number of morpholine rings is 1. The molecule has 2 aliphatic heterocycles. The van der Waals surface area contributed by atoms with Gasteiger partial charge in [-0.15, -0.1) is 5.10 Å². The number of piperazine rings is 1. The van der Waals surface area contributed by atoms with E-state index in [2.05, 4.69) is 41.3 Å². The van der Waals surface area contributed by atoms with Crippen molar-refractivity contribution in [3.63, 3.8) is 0 Å². The van der Waals surface area contributed by atoms with Gasteiger partial charge in [0.2, 0.25) is 5.91 Å². The van der Waals surface area contributed by atoms with Crippen molar-refractivity contribution in [1.82, 2.24) is 40.0 Å². The third-order valence-corrected chi connectivity index (χ3v) is 6.58. The third kappa shape index (κ3) is 4.25. The van der Waals surface area contributed by atoms with Crippen LogP contribution in [0, 0.1) is 20.4 Å². The van der Waals surface area contributed by atoms with Crippen LogP contribution in [0.2, 0.25) is 0 Å². The summed E-state index contributed by atoms with van der Waals surface area (Å²) in [5, 5.41) is 10.9. The van der Waals surface area contributed by atoms with Gasteiger partial charge in [-0.2, -0.15) is 4.68 Å². The van der Waals surface area contributed by atoms with Crippen LogP contribution >= 0.6 is 0 Å². The molecule has 34 heavy (non-hydrogen) atoms. The first-order valence-corrected chi connectivity index (χ1v) is 11.2. The minimum Gasteiger partial charge on any atom is -0.371 e. The van der Waals surface area contributed by atoms with Crippen molar-refractivity contribution in [2.24, 2.45) is 0 Å². The van der Waals surface area contributed by atoms with Crippen molar-refractivity contribution >= 4 is 11.6 Å². The number of nitrogens with zero attached hydrogens (tertiary/aromatic N) is 9. The highest BCUT2D eigenvalue weighted by atomic mass is 16.5. The summed E-state index contributed by atoms with van der Waals surface area (Å²) in [6, 6.07) is 4.25. The molecule has 0 spiro atoms. The van der Waals surface area contributed by atoms with Crippen LogP contribution in [-0.4, -0.2) is 84.7 Å². The van der Waals surface area contributed by atoms with Crippen LogP contribution < -0.4 is 0 Å². The molecule has 4 heterocycles. The fourth-order valence-corrected chi connectivity index (χ4v) is 4.67. The Morgan fingerprint density at radius 3 is 2.76 bits per heavy atom. The highest BCUT2D eigenvalue weighted by molar-refractivity contribution is 5.78. The summed E-state index contributed by atoms with van der Waals surface area (Å²) < 4.78 is 7.59. The Hall–Kier alpha value is -3.75. The SMILES string of the molecule is [C-]#[N+]c1c(C)ccc([C@@H]2CN3CCN(C(=O)Cc4cnc(-n5cnnn5)nc4)C[C@H]3CO2)c1C. The predicted octanol–water partition coefficient (Wildman–Crippen LogP) is 1.45. The molecule has 0 aliphatic carbocycles. The van der Waals surface area contributed by atoms with E-state index >= 15 is 0 Å². The third-order valence-electron chi connectivity index (χ3n) is 6.58. The Balaban J connectivity index is 1.19. The number of tetrazole rings is 1. The maximum absolute atomic E-state index is 12.9. The number of rotatable bonds is 4. The average molecular weight is 460 g/mol.